The fourth-order valence-corrected chi connectivity index (χ4v) is 2.63. The van der Waals surface area contributed by atoms with E-state index in [4.69, 9.17) is 23.2 Å². The van der Waals surface area contributed by atoms with Crippen molar-refractivity contribution in [1.82, 2.24) is 9.97 Å². The first kappa shape index (κ1) is 13.4. The molecule has 0 bridgehead atoms. The molecule has 0 spiro atoms. The second-order valence-electron chi connectivity index (χ2n) is 3.65. The Labute approximate surface area is 119 Å². The summed E-state index contributed by atoms with van der Waals surface area (Å²) in [5.41, 5.74) is 0. The third-order valence-electron chi connectivity index (χ3n) is 2.34. The van der Waals surface area contributed by atoms with Gasteiger partial charge in [-0.2, -0.15) is 4.98 Å². The van der Waals surface area contributed by atoms with Crippen molar-refractivity contribution in [3.05, 3.63) is 32.6 Å². The van der Waals surface area contributed by atoms with E-state index in [-0.39, 0.29) is 6.04 Å². The molecule has 2 N–H and O–H groups in total. The Morgan fingerprint density at radius 1 is 1.33 bits per heavy atom. The van der Waals surface area contributed by atoms with Gasteiger partial charge in [0.2, 0.25) is 5.95 Å². The molecule has 0 aliphatic heterocycles. The zero-order chi connectivity index (χ0) is 13.1. The number of nitrogens with zero attached hydrogens (tertiary/aromatic N) is 2. The van der Waals surface area contributed by atoms with Crippen LogP contribution < -0.4 is 10.6 Å². The molecule has 2 heterocycles. The lowest BCUT2D eigenvalue weighted by Crippen LogP contribution is -2.08. The SMILES string of the molecule is CNc1ncc(Cl)c(NC(C)c2ccc(Cl)s2)n1. The molecule has 0 amide bonds. The van der Waals surface area contributed by atoms with E-state index < -0.39 is 0 Å². The largest absolute Gasteiger partial charge is 0.361 e. The van der Waals surface area contributed by atoms with Gasteiger partial charge < -0.3 is 10.6 Å². The van der Waals surface area contributed by atoms with Crippen LogP contribution >= 0.6 is 34.5 Å². The molecule has 0 fully saturated rings. The Morgan fingerprint density at radius 2 is 2.11 bits per heavy atom. The molecule has 1 atom stereocenters. The van der Waals surface area contributed by atoms with Crippen molar-refractivity contribution in [1.29, 1.82) is 0 Å². The molecule has 1 unspecified atom stereocenters. The lowest BCUT2D eigenvalue weighted by Gasteiger charge is -2.14. The third kappa shape index (κ3) is 3.04. The summed E-state index contributed by atoms with van der Waals surface area (Å²) in [6.45, 7) is 2.03. The highest BCUT2D eigenvalue weighted by Crippen LogP contribution is 2.30. The fraction of sp³-hybridized carbons (Fsp3) is 0.273. The van der Waals surface area contributed by atoms with Crippen LogP contribution in [0.4, 0.5) is 11.8 Å². The second-order valence-corrected chi connectivity index (χ2v) is 5.80. The number of hydrogen-bond donors (Lipinski definition) is 2. The number of nitrogens with one attached hydrogen (secondary N) is 2. The first-order chi connectivity index (χ1) is 8.60. The molecule has 2 aromatic heterocycles. The highest BCUT2D eigenvalue weighted by Gasteiger charge is 2.12. The average molecular weight is 303 g/mol. The monoisotopic (exact) mass is 302 g/mol. The molecule has 2 rings (SSSR count). The first-order valence-electron chi connectivity index (χ1n) is 5.32. The van der Waals surface area contributed by atoms with Gasteiger partial charge in [0.05, 0.1) is 16.6 Å². The number of thiophene rings is 1. The van der Waals surface area contributed by atoms with Gasteiger partial charge in [-0.25, -0.2) is 4.98 Å². The van der Waals surface area contributed by atoms with Crippen LogP contribution in [0, 0.1) is 0 Å². The van der Waals surface area contributed by atoms with E-state index in [1.807, 2.05) is 19.1 Å². The maximum Gasteiger partial charge on any atom is 0.224 e. The molecular weight excluding hydrogens is 291 g/mol. The van der Waals surface area contributed by atoms with Crippen molar-refractivity contribution in [2.75, 3.05) is 17.7 Å². The Balaban J connectivity index is 2.18. The summed E-state index contributed by atoms with van der Waals surface area (Å²) in [5, 5.41) is 6.60. The van der Waals surface area contributed by atoms with Crippen molar-refractivity contribution in [2.24, 2.45) is 0 Å². The molecule has 0 saturated heterocycles. The van der Waals surface area contributed by atoms with Crippen LogP contribution in [0.5, 0.6) is 0 Å². The van der Waals surface area contributed by atoms with Gasteiger partial charge >= 0.3 is 0 Å². The molecule has 4 nitrogen and oxygen atoms in total. The van der Waals surface area contributed by atoms with Crippen LogP contribution in [0.1, 0.15) is 17.8 Å². The van der Waals surface area contributed by atoms with Crippen LogP contribution in [-0.2, 0) is 0 Å². The zero-order valence-electron chi connectivity index (χ0n) is 9.87. The van der Waals surface area contributed by atoms with Crippen molar-refractivity contribution >= 4 is 46.3 Å². The van der Waals surface area contributed by atoms with Crippen LogP contribution in [-0.4, -0.2) is 17.0 Å². The highest BCUT2D eigenvalue weighted by molar-refractivity contribution is 7.16. The van der Waals surface area contributed by atoms with E-state index in [2.05, 4.69) is 20.6 Å². The van der Waals surface area contributed by atoms with Gasteiger partial charge in [0.15, 0.2) is 5.82 Å². The summed E-state index contributed by atoms with van der Waals surface area (Å²) < 4.78 is 0.767. The zero-order valence-corrected chi connectivity index (χ0v) is 12.2. The number of anilines is 2. The predicted molar refractivity (Wildman–Crippen MR) is 78.0 cm³/mol. The van der Waals surface area contributed by atoms with E-state index in [0.29, 0.717) is 16.8 Å². The fourth-order valence-electron chi connectivity index (χ4n) is 1.43. The predicted octanol–water partition coefficient (Wildman–Crippen LogP) is 4.06. The van der Waals surface area contributed by atoms with Gasteiger partial charge in [-0.1, -0.05) is 23.2 Å². The lowest BCUT2D eigenvalue weighted by atomic mass is 10.3. The first-order valence-corrected chi connectivity index (χ1v) is 6.89. The van der Waals surface area contributed by atoms with E-state index in [9.17, 15) is 0 Å². The molecule has 0 radical (unpaired) electrons. The summed E-state index contributed by atoms with van der Waals surface area (Å²) in [5.74, 6) is 1.13. The highest BCUT2D eigenvalue weighted by atomic mass is 35.5. The van der Waals surface area contributed by atoms with Crippen molar-refractivity contribution in [3.8, 4) is 0 Å². The smallest absolute Gasteiger partial charge is 0.224 e. The summed E-state index contributed by atoms with van der Waals surface area (Å²) in [6.07, 6.45) is 1.57. The standard InChI is InChI=1S/C11H12Cl2N4S/c1-6(8-3-4-9(13)18-8)16-10-7(12)5-15-11(14-2)17-10/h3-6H,1-2H3,(H2,14,15,16,17). The van der Waals surface area contributed by atoms with Gasteiger partial charge in [-0.15, -0.1) is 11.3 Å². The Bertz CT molecular complexity index is 544. The second kappa shape index (κ2) is 5.73. The van der Waals surface area contributed by atoms with E-state index in [1.165, 1.54) is 11.3 Å². The molecule has 0 saturated carbocycles. The molecule has 2 aromatic rings. The minimum Gasteiger partial charge on any atom is -0.361 e. The van der Waals surface area contributed by atoms with E-state index in [1.54, 1.807) is 13.2 Å². The van der Waals surface area contributed by atoms with Gasteiger partial charge in [0, 0.05) is 11.9 Å². The van der Waals surface area contributed by atoms with Crippen molar-refractivity contribution in [2.45, 2.75) is 13.0 Å². The summed E-state index contributed by atoms with van der Waals surface area (Å²) in [6, 6.07) is 3.94. The topological polar surface area (TPSA) is 49.8 Å². The molecule has 0 aromatic carbocycles. The molecule has 96 valence electrons. The molecule has 0 aliphatic rings. The van der Waals surface area contributed by atoms with Crippen molar-refractivity contribution in [3.63, 3.8) is 0 Å². The van der Waals surface area contributed by atoms with Gasteiger partial charge in [-0.3, -0.25) is 0 Å². The quantitative estimate of drug-likeness (QED) is 0.894. The van der Waals surface area contributed by atoms with Crippen LogP contribution in [0.25, 0.3) is 0 Å². The Kier molecular flexibility index (Phi) is 4.27. The maximum atomic E-state index is 6.05. The normalized spacial score (nSPS) is 12.2. The molecule has 7 heteroatoms. The van der Waals surface area contributed by atoms with E-state index in [0.717, 1.165) is 9.21 Å². The number of aromatic nitrogens is 2. The molecule has 18 heavy (non-hydrogen) atoms. The third-order valence-corrected chi connectivity index (χ3v) is 4.03. The maximum absolute atomic E-state index is 6.05. The number of rotatable bonds is 4. The Hall–Kier alpha value is -1.04. The summed E-state index contributed by atoms with van der Waals surface area (Å²) in [4.78, 5) is 9.42. The van der Waals surface area contributed by atoms with Crippen LogP contribution in [0.3, 0.4) is 0 Å². The summed E-state index contributed by atoms with van der Waals surface area (Å²) in [7, 11) is 1.76. The van der Waals surface area contributed by atoms with Gasteiger partial charge in [0.1, 0.15) is 5.02 Å². The van der Waals surface area contributed by atoms with E-state index >= 15 is 0 Å². The Morgan fingerprint density at radius 3 is 2.72 bits per heavy atom. The minimum atomic E-state index is 0.0830. The minimum absolute atomic E-state index is 0.0830. The summed E-state index contributed by atoms with van der Waals surface area (Å²) >= 11 is 13.5. The van der Waals surface area contributed by atoms with Crippen LogP contribution in [0.15, 0.2) is 18.3 Å². The van der Waals surface area contributed by atoms with Crippen LogP contribution in [0.2, 0.25) is 9.36 Å². The lowest BCUT2D eigenvalue weighted by molar-refractivity contribution is 0.894. The number of hydrogen-bond acceptors (Lipinski definition) is 5. The van der Waals surface area contributed by atoms with Gasteiger partial charge in [-0.05, 0) is 19.1 Å². The average Bonchev–Trinajstić information content (AvgIpc) is 2.79. The molecular formula is C11H12Cl2N4S. The molecule has 0 aliphatic carbocycles. The van der Waals surface area contributed by atoms with Gasteiger partial charge in [0.25, 0.3) is 0 Å². The van der Waals surface area contributed by atoms with Crippen molar-refractivity contribution < 1.29 is 0 Å². The number of halogens is 2.